The van der Waals surface area contributed by atoms with Gasteiger partial charge in [-0.2, -0.15) is 10.1 Å². The zero-order chi connectivity index (χ0) is 20.4. The normalized spacial score (nSPS) is 18.4. The number of likely N-dealkylation sites (tertiary alicyclic amines) is 1. The Labute approximate surface area is 179 Å². The number of hydrogen-bond donors (Lipinski definition) is 3. The number of hydrogen-bond acceptors (Lipinski definition) is 8. The van der Waals surface area contributed by atoms with Gasteiger partial charge in [-0.25, -0.2) is 9.67 Å². The Hall–Kier alpha value is -1.94. The van der Waals surface area contributed by atoms with E-state index < -0.39 is 0 Å². The van der Waals surface area contributed by atoms with Crippen LogP contribution in [0.1, 0.15) is 31.4 Å². The first-order valence-corrected chi connectivity index (χ1v) is 10.5. The first-order valence-electron chi connectivity index (χ1n) is 9.74. The fourth-order valence-corrected chi connectivity index (χ4v) is 4.06. The van der Waals surface area contributed by atoms with E-state index in [-0.39, 0.29) is 11.2 Å². The molecule has 9 nitrogen and oxygen atoms in total. The topological polar surface area (TPSA) is 104 Å². The van der Waals surface area contributed by atoms with Crippen LogP contribution in [-0.4, -0.2) is 68.7 Å². The molecule has 0 aliphatic carbocycles. The lowest BCUT2D eigenvalue weighted by Gasteiger charge is -2.41. The largest absolute Gasteiger partial charge is 0.378 e. The summed E-state index contributed by atoms with van der Waals surface area (Å²) in [5.74, 6) is 0.865. The molecule has 0 amide bonds. The van der Waals surface area contributed by atoms with E-state index in [1.165, 1.54) is 6.20 Å². The zero-order valence-electron chi connectivity index (χ0n) is 16.2. The molecule has 0 bridgehead atoms. The van der Waals surface area contributed by atoms with Gasteiger partial charge >= 0.3 is 0 Å². The molecule has 0 saturated carbocycles. The van der Waals surface area contributed by atoms with Crippen molar-refractivity contribution in [1.82, 2.24) is 24.6 Å². The molecule has 2 aromatic heterocycles. The van der Waals surface area contributed by atoms with Crippen LogP contribution in [0.4, 0.5) is 17.5 Å². The van der Waals surface area contributed by atoms with Crippen LogP contribution in [0, 0.1) is 5.41 Å². The molecule has 4 rings (SSSR count). The van der Waals surface area contributed by atoms with E-state index in [4.69, 9.17) is 33.3 Å². The predicted octanol–water partition coefficient (Wildman–Crippen LogP) is 3.10. The van der Waals surface area contributed by atoms with Crippen molar-refractivity contribution in [3.05, 3.63) is 23.1 Å². The van der Waals surface area contributed by atoms with E-state index >= 15 is 0 Å². The predicted molar refractivity (Wildman–Crippen MR) is 114 cm³/mol. The van der Waals surface area contributed by atoms with Gasteiger partial charge in [0.2, 0.25) is 5.95 Å². The minimum Gasteiger partial charge on any atom is -0.378 e. The molecular formula is C18H24Cl2N8O. The number of anilines is 3. The molecule has 29 heavy (non-hydrogen) atoms. The Balaban J connectivity index is 1.45. The van der Waals surface area contributed by atoms with Crippen LogP contribution in [0.15, 0.2) is 12.4 Å². The average molecular weight is 439 g/mol. The second-order valence-electron chi connectivity index (χ2n) is 7.18. The second-order valence-corrected chi connectivity index (χ2v) is 7.91. The monoisotopic (exact) mass is 438 g/mol. The van der Waals surface area contributed by atoms with E-state index in [2.05, 4.69) is 30.6 Å². The standard InChI is InChI=1S/C18H24Cl2N8O/c1-2-22-17-13(15(19)21)7-23-18(26-17)25-14-8-24-28(16(14)20)11-3-5-27(6-4-11)12-9-29-10-12/h7-8,11-12,21H,2-6,9-10H2,1H3,(H2,22,23,25,26). The van der Waals surface area contributed by atoms with Crippen molar-refractivity contribution >= 4 is 45.8 Å². The summed E-state index contributed by atoms with van der Waals surface area (Å²) in [6.45, 7) is 6.34. The summed E-state index contributed by atoms with van der Waals surface area (Å²) in [5, 5.41) is 18.8. The lowest BCUT2D eigenvalue weighted by molar-refractivity contribution is -0.0734. The number of aromatic nitrogens is 4. The summed E-state index contributed by atoms with van der Waals surface area (Å²) in [6.07, 6.45) is 5.22. The fourth-order valence-electron chi connectivity index (χ4n) is 3.64. The van der Waals surface area contributed by atoms with Crippen molar-refractivity contribution in [3.8, 4) is 0 Å². The maximum atomic E-state index is 7.63. The van der Waals surface area contributed by atoms with E-state index in [1.54, 1.807) is 6.20 Å². The van der Waals surface area contributed by atoms with E-state index in [0.29, 0.717) is 40.8 Å². The minimum atomic E-state index is -0.113. The highest BCUT2D eigenvalue weighted by Gasteiger charge is 2.31. The van der Waals surface area contributed by atoms with Crippen LogP contribution in [0.3, 0.4) is 0 Å². The van der Waals surface area contributed by atoms with Gasteiger partial charge in [-0.15, -0.1) is 0 Å². The van der Waals surface area contributed by atoms with Gasteiger partial charge in [0.1, 0.15) is 11.0 Å². The van der Waals surface area contributed by atoms with Crippen molar-refractivity contribution in [3.63, 3.8) is 0 Å². The second kappa shape index (κ2) is 8.83. The molecule has 11 heteroatoms. The van der Waals surface area contributed by atoms with Crippen molar-refractivity contribution in [2.24, 2.45) is 0 Å². The lowest BCUT2D eigenvalue weighted by Crippen LogP contribution is -2.51. The van der Waals surface area contributed by atoms with Gasteiger partial charge in [0, 0.05) is 25.8 Å². The minimum absolute atomic E-state index is 0.113. The molecule has 2 aromatic rings. The SMILES string of the molecule is CCNc1nc(Nc2cnn(C3CCN(C4COC4)CC3)c2Cl)ncc1C(=N)Cl. The Morgan fingerprint density at radius 1 is 1.28 bits per heavy atom. The van der Waals surface area contributed by atoms with Gasteiger partial charge in [-0.1, -0.05) is 23.2 Å². The van der Waals surface area contributed by atoms with Crippen molar-refractivity contribution in [2.45, 2.75) is 31.8 Å². The van der Waals surface area contributed by atoms with E-state index in [9.17, 15) is 0 Å². The van der Waals surface area contributed by atoms with Gasteiger partial charge in [0.05, 0.1) is 42.7 Å². The number of rotatable bonds is 7. The quantitative estimate of drug-likeness (QED) is 0.570. The van der Waals surface area contributed by atoms with Crippen molar-refractivity contribution < 1.29 is 4.74 Å². The Morgan fingerprint density at radius 2 is 2.03 bits per heavy atom. The van der Waals surface area contributed by atoms with Crippen molar-refractivity contribution in [1.29, 1.82) is 5.41 Å². The van der Waals surface area contributed by atoms with Crippen LogP contribution >= 0.6 is 23.2 Å². The third-order valence-electron chi connectivity index (χ3n) is 5.33. The Bertz CT molecular complexity index is 877. The van der Waals surface area contributed by atoms with Gasteiger partial charge in [-0.05, 0) is 19.8 Å². The molecule has 0 aromatic carbocycles. The zero-order valence-corrected chi connectivity index (χ0v) is 17.7. The summed E-state index contributed by atoms with van der Waals surface area (Å²) < 4.78 is 7.18. The summed E-state index contributed by atoms with van der Waals surface area (Å²) in [7, 11) is 0. The lowest BCUT2D eigenvalue weighted by atomic mass is 10.0. The third kappa shape index (κ3) is 4.32. The summed E-state index contributed by atoms with van der Waals surface area (Å²) >= 11 is 12.4. The Morgan fingerprint density at radius 3 is 2.66 bits per heavy atom. The van der Waals surface area contributed by atoms with E-state index in [1.807, 2.05) is 11.6 Å². The number of piperidine rings is 1. The summed E-state index contributed by atoms with van der Waals surface area (Å²) in [6, 6.07) is 0.842. The first-order chi connectivity index (χ1) is 14.1. The first kappa shape index (κ1) is 20.3. The van der Waals surface area contributed by atoms with Crippen LogP contribution in [-0.2, 0) is 4.74 Å². The number of nitrogens with zero attached hydrogens (tertiary/aromatic N) is 5. The molecule has 2 aliphatic rings. The third-order valence-corrected chi connectivity index (χ3v) is 5.91. The Kier molecular flexibility index (Phi) is 6.19. The van der Waals surface area contributed by atoms with Gasteiger partial charge < -0.3 is 15.4 Å². The molecular weight excluding hydrogens is 415 g/mol. The maximum absolute atomic E-state index is 7.63. The molecule has 2 aliphatic heterocycles. The fraction of sp³-hybridized carbons (Fsp3) is 0.556. The number of nitrogens with one attached hydrogen (secondary N) is 3. The van der Waals surface area contributed by atoms with Crippen LogP contribution in [0.25, 0.3) is 0 Å². The molecule has 2 fully saturated rings. The van der Waals surface area contributed by atoms with Gasteiger partial charge in [0.25, 0.3) is 0 Å². The highest BCUT2D eigenvalue weighted by molar-refractivity contribution is 6.69. The molecule has 156 valence electrons. The molecule has 0 radical (unpaired) electrons. The average Bonchev–Trinajstić information content (AvgIpc) is 3.02. The van der Waals surface area contributed by atoms with Gasteiger partial charge in [0.15, 0.2) is 5.15 Å². The molecule has 0 unspecified atom stereocenters. The molecule has 2 saturated heterocycles. The molecule has 3 N–H and O–H groups in total. The number of halogens is 2. The summed E-state index contributed by atoms with van der Waals surface area (Å²) in [5.41, 5.74) is 1.10. The van der Waals surface area contributed by atoms with E-state index in [0.717, 1.165) is 39.1 Å². The summed E-state index contributed by atoms with van der Waals surface area (Å²) in [4.78, 5) is 11.1. The molecule has 0 spiro atoms. The van der Waals surface area contributed by atoms with Crippen LogP contribution < -0.4 is 10.6 Å². The molecule has 0 atom stereocenters. The van der Waals surface area contributed by atoms with Crippen molar-refractivity contribution in [2.75, 3.05) is 43.5 Å². The van der Waals surface area contributed by atoms with Crippen LogP contribution in [0.5, 0.6) is 0 Å². The van der Waals surface area contributed by atoms with Crippen LogP contribution in [0.2, 0.25) is 5.15 Å². The number of ether oxygens (including phenoxy) is 1. The highest BCUT2D eigenvalue weighted by Crippen LogP contribution is 2.32. The van der Waals surface area contributed by atoms with Gasteiger partial charge in [-0.3, -0.25) is 10.3 Å². The highest BCUT2D eigenvalue weighted by atomic mass is 35.5. The maximum Gasteiger partial charge on any atom is 0.229 e. The molecule has 4 heterocycles. The smallest absolute Gasteiger partial charge is 0.229 e.